The minimum absolute atomic E-state index is 0.746. The molecular weight excluding hydrogens is 246 g/mol. The van der Waals surface area contributed by atoms with E-state index in [1.807, 2.05) is 42.7 Å². The van der Waals surface area contributed by atoms with E-state index in [9.17, 15) is 0 Å². The number of aromatic amines is 1. The fourth-order valence-corrected chi connectivity index (χ4v) is 2.14. The highest BCUT2D eigenvalue weighted by molar-refractivity contribution is 6.31. The lowest BCUT2D eigenvalue weighted by Gasteiger charge is -2.04. The van der Waals surface area contributed by atoms with Gasteiger partial charge < -0.3 is 10.3 Å². The molecule has 2 N–H and O–H groups in total. The largest absolute Gasteiger partial charge is 0.380 e. The number of benzene rings is 1. The highest BCUT2D eigenvalue weighted by atomic mass is 35.5. The van der Waals surface area contributed by atoms with Gasteiger partial charge in [0, 0.05) is 41.1 Å². The number of fused-ring (bicyclic) bond motifs is 1. The summed E-state index contributed by atoms with van der Waals surface area (Å²) in [5.74, 6) is 0. The molecule has 2 aromatic heterocycles. The van der Waals surface area contributed by atoms with E-state index in [1.165, 1.54) is 10.9 Å². The highest BCUT2D eigenvalue weighted by Gasteiger charge is 2.03. The van der Waals surface area contributed by atoms with Gasteiger partial charge in [0.25, 0.3) is 0 Å². The first-order valence-electron chi connectivity index (χ1n) is 5.72. The summed E-state index contributed by atoms with van der Waals surface area (Å²) in [6.45, 7) is 0.757. The summed E-state index contributed by atoms with van der Waals surface area (Å²) in [6.07, 6.45) is 5.58. The molecule has 0 aliphatic carbocycles. The average Bonchev–Trinajstić information content (AvgIpc) is 2.80. The summed E-state index contributed by atoms with van der Waals surface area (Å²) in [5, 5.41) is 5.28. The first-order chi connectivity index (χ1) is 8.83. The lowest BCUT2D eigenvalue weighted by atomic mass is 10.2. The number of rotatable bonds is 3. The van der Waals surface area contributed by atoms with Crippen LogP contribution in [0.1, 0.15) is 5.56 Å². The summed E-state index contributed by atoms with van der Waals surface area (Å²) in [4.78, 5) is 7.30. The Morgan fingerprint density at radius 1 is 1.28 bits per heavy atom. The van der Waals surface area contributed by atoms with Gasteiger partial charge in [-0.1, -0.05) is 17.7 Å². The van der Waals surface area contributed by atoms with Crippen molar-refractivity contribution in [1.29, 1.82) is 0 Å². The Bertz CT molecular complexity index is 661. The zero-order valence-electron chi connectivity index (χ0n) is 9.65. The Morgan fingerprint density at radius 2 is 2.22 bits per heavy atom. The lowest BCUT2D eigenvalue weighted by Crippen LogP contribution is -1.98. The van der Waals surface area contributed by atoms with Crippen molar-refractivity contribution in [3.8, 4) is 0 Å². The summed E-state index contributed by atoms with van der Waals surface area (Å²) in [6, 6.07) is 9.79. The number of aromatic nitrogens is 2. The maximum Gasteiger partial charge on any atom is 0.0529 e. The summed E-state index contributed by atoms with van der Waals surface area (Å²) >= 11 is 5.96. The zero-order valence-corrected chi connectivity index (χ0v) is 10.4. The second-order valence-corrected chi connectivity index (χ2v) is 4.54. The molecule has 90 valence electrons. The van der Waals surface area contributed by atoms with Gasteiger partial charge in [0.05, 0.1) is 5.69 Å². The van der Waals surface area contributed by atoms with E-state index >= 15 is 0 Å². The molecule has 1 aromatic carbocycles. The van der Waals surface area contributed by atoms with Gasteiger partial charge in [0.2, 0.25) is 0 Å². The fourth-order valence-electron chi connectivity index (χ4n) is 1.97. The topological polar surface area (TPSA) is 40.7 Å². The van der Waals surface area contributed by atoms with Crippen LogP contribution in [0.4, 0.5) is 5.69 Å². The normalized spacial score (nSPS) is 10.7. The molecule has 3 aromatic rings. The van der Waals surface area contributed by atoms with Crippen molar-refractivity contribution in [2.75, 3.05) is 5.32 Å². The van der Waals surface area contributed by atoms with Crippen molar-refractivity contribution in [2.24, 2.45) is 0 Å². The molecular formula is C14H12ClN3. The molecule has 2 heterocycles. The Morgan fingerprint density at radius 3 is 3.06 bits per heavy atom. The minimum atomic E-state index is 0.746. The van der Waals surface area contributed by atoms with Crippen molar-refractivity contribution >= 4 is 28.2 Å². The van der Waals surface area contributed by atoms with Crippen LogP contribution in [0.15, 0.2) is 48.9 Å². The van der Waals surface area contributed by atoms with E-state index < -0.39 is 0 Å². The van der Waals surface area contributed by atoms with Crippen LogP contribution >= 0.6 is 11.6 Å². The number of nitrogens with one attached hydrogen (secondary N) is 2. The van der Waals surface area contributed by atoms with Crippen LogP contribution < -0.4 is 5.32 Å². The molecule has 0 amide bonds. The zero-order chi connectivity index (χ0) is 12.4. The molecule has 0 aliphatic heterocycles. The highest BCUT2D eigenvalue weighted by Crippen LogP contribution is 2.22. The van der Waals surface area contributed by atoms with Crippen LogP contribution in [0, 0.1) is 0 Å². The van der Waals surface area contributed by atoms with Crippen LogP contribution in [0.2, 0.25) is 5.02 Å². The van der Waals surface area contributed by atoms with Crippen molar-refractivity contribution in [2.45, 2.75) is 6.54 Å². The smallest absolute Gasteiger partial charge is 0.0529 e. The molecule has 0 radical (unpaired) electrons. The number of hydrogen-bond donors (Lipinski definition) is 2. The lowest BCUT2D eigenvalue weighted by molar-refractivity contribution is 1.15. The predicted molar refractivity (Wildman–Crippen MR) is 74.9 cm³/mol. The van der Waals surface area contributed by atoms with E-state index in [-0.39, 0.29) is 0 Å². The van der Waals surface area contributed by atoms with Gasteiger partial charge in [-0.25, -0.2) is 0 Å². The summed E-state index contributed by atoms with van der Waals surface area (Å²) < 4.78 is 0. The van der Waals surface area contributed by atoms with Gasteiger partial charge in [0.1, 0.15) is 0 Å². The summed E-state index contributed by atoms with van der Waals surface area (Å²) in [7, 11) is 0. The maximum absolute atomic E-state index is 5.96. The monoisotopic (exact) mass is 257 g/mol. The number of halogens is 1. The van der Waals surface area contributed by atoms with Crippen LogP contribution in [0.25, 0.3) is 10.9 Å². The maximum atomic E-state index is 5.96. The second kappa shape index (κ2) is 4.70. The SMILES string of the molecule is Clc1ccc2c(CNc3cccnc3)c[nH]c2c1. The molecule has 18 heavy (non-hydrogen) atoms. The van der Waals surface area contributed by atoms with Gasteiger partial charge in [-0.15, -0.1) is 0 Å². The molecule has 0 fully saturated rings. The van der Waals surface area contributed by atoms with Crippen molar-refractivity contribution in [1.82, 2.24) is 9.97 Å². The molecule has 0 aliphatic rings. The molecule has 0 atom stereocenters. The van der Waals surface area contributed by atoms with E-state index in [2.05, 4.69) is 15.3 Å². The molecule has 0 saturated heterocycles. The molecule has 0 bridgehead atoms. The number of nitrogens with zero attached hydrogens (tertiary/aromatic N) is 1. The first kappa shape index (κ1) is 11.1. The molecule has 4 heteroatoms. The third-order valence-electron chi connectivity index (χ3n) is 2.87. The Labute approximate surface area is 110 Å². The Hall–Kier alpha value is -2.00. The van der Waals surface area contributed by atoms with Crippen LogP contribution in [0.5, 0.6) is 0 Å². The van der Waals surface area contributed by atoms with E-state index in [1.54, 1.807) is 6.20 Å². The molecule has 0 saturated carbocycles. The molecule has 0 spiro atoms. The molecule has 0 unspecified atom stereocenters. The molecule has 3 rings (SSSR count). The second-order valence-electron chi connectivity index (χ2n) is 4.10. The number of pyridine rings is 1. The minimum Gasteiger partial charge on any atom is -0.380 e. The average molecular weight is 258 g/mol. The van der Waals surface area contributed by atoms with Gasteiger partial charge in [-0.05, 0) is 29.8 Å². The Balaban J connectivity index is 1.83. The third-order valence-corrected chi connectivity index (χ3v) is 3.11. The standard InChI is InChI=1S/C14H12ClN3/c15-11-3-4-13-10(8-18-14(13)6-11)7-17-12-2-1-5-16-9-12/h1-6,8-9,17-18H,7H2. The van der Waals surface area contributed by atoms with Gasteiger partial charge >= 0.3 is 0 Å². The van der Waals surface area contributed by atoms with Crippen molar-refractivity contribution in [3.63, 3.8) is 0 Å². The van der Waals surface area contributed by atoms with Crippen molar-refractivity contribution in [3.05, 3.63) is 59.5 Å². The van der Waals surface area contributed by atoms with Gasteiger partial charge in [-0.2, -0.15) is 0 Å². The van der Waals surface area contributed by atoms with Crippen LogP contribution in [-0.2, 0) is 6.54 Å². The van der Waals surface area contributed by atoms with E-state index in [4.69, 9.17) is 11.6 Å². The van der Waals surface area contributed by atoms with Gasteiger partial charge in [-0.3, -0.25) is 4.98 Å². The number of anilines is 1. The van der Waals surface area contributed by atoms with E-state index in [0.29, 0.717) is 0 Å². The van der Waals surface area contributed by atoms with Crippen LogP contribution in [0.3, 0.4) is 0 Å². The fraction of sp³-hybridized carbons (Fsp3) is 0.0714. The number of hydrogen-bond acceptors (Lipinski definition) is 2. The third kappa shape index (κ3) is 2.17. The summed E-state index contributed by atoms with van der Waals surface area (Å²) in [5.41, 5.74) is 3.29. The van der Waals surface area contributed by atoms with Gasteiger partial charge in [0.15, 0.2) is 0 Å². The quantitative estimate of drug-likeness (QED) is 0.749. The Kier molecular flexibility index (Phi) is 2.90. The van der Waals surface area contributed by atoms with Crippen molar-refractivity contribution < 1.29 is 0 Å². The predicted octanol–water partition coefficient (Wildman–Crippen LogP) is 3.83. The number of H-pyrrole nitrogens is 1. The molecule has 3 nitrogen and oxygen atoms in total. The van der Waals surface area contributed by atoms with Crippen LogP contribution in [-0.4, -0.2) is 9.97 Å². The first-order valence-corrected chi connectivity index (χ1v) is 6.10. The van der Waals surface area contributed by atoms with E-state index in [0.717, 1.165) is 22.8 Å².